The van der Waals surface area contributed by atoms with Crippen molar-refractivity contribution in [2.75, 3.05) is 38.2 Å². The van der Waals surface area contributed by atoms with Crippen LogP contribution in [0.2, 0.25) is 0 Å². The van der Waals surface area contributed by atoms with E-state index < -0.39 is 0 Å². The van der Waals surface area contributed by atoms with Gasteiger partial charge in [-0.3, -0.25) is 9.69 Å². The molecular formula is C25H32N6O2. The molecule has 2 aliphatic rings. The fourth-order valence-corrected chi connectivity index (χ4v) is 4.38. The van der Waals surface area contributed by atoms with Gasteiger partial charge in [-0.1, -0.05) is 18.6 Å². The molecule has 1 amide bonds. The predicted octanol–water partition coefficient (Wildman–Crippen LogP) is 3.31. The van der Waals surface area contributed by atoms with Crippen LogP contribution >= 0.6 is 0 Å². The van der Waals surface area contributed by atoms with E-state index in [0.29, 0.717) is 12.5 Å². The Hall–Kier alpha value is -2.97. The maximum absolute atomic E-state index is 12.0. The Balaban J connectivity index is 1.19. The van der Waals surface area contributed by atoms with Gasteiger partial charge in [-0.2, -0.15) is 4.98 Å². The maximum atomic E-state index is 12.0. The summed E-state index contributed by atoms with van der Waals surface area (Å²) in [6.45, 7) is 5.97. The molecule has 174 valence electrons. The average Bonchev–Trinajstić information content (AvgIpc) is 3.19. The second-order valence-electron chi connectivity index (χ2n) is 8.97. The summed E-state index contributed by atoms with van der Waals surface area (Å²) < 4.78 is 7.58. The van der Waals surface area contributed by atoms with Gasteiger partial charge in [0.05, 0.1) is 13.2 Å². The third-order valence-corrected chi connectivity index (χ3v) is 6.55. The monoisotopic (exact) mass is 448 g/mol. The first-order chi connectivity index (χ1) is 16.2. The summed E-state index contributed by atoms with van der Waals surface area (Å²) in [4.78, 5) is 23.7. The quantitative estimate of drug-likeness (QED) is 0.489. The molecular weight excluding hydrogens is 416 g/mol. The Kier molecular flexibility index (Phi) is 6.83. The van der Waals surface area contributed by atoms with Crippen molar-refractivity contribution in [1.29, 1.82) is 0 Å². The van der Waals surface area contributed by atoms with Crippen molar-refractivity contribution >= 4 is 28.6 Å². The van der Waals surface area contributed by atoms with Gasteiger partial charge in [0.1, 0.15) is 5.65 Å². The smallest absolute Gasteiger partial charge is 0.229 e. The lowest BCUT2D eigenvalue weighted by molar-refractivity contribution is -0.127. The zero-order valence-corrected chi connectivity index (χ0v) is 19.0. The van der Waals surface area contributed by atoms with Gasteiger partial charge in [0.25, 0.3) is 0 Å². The van der Waals surface area contributed by atoms with Crippen molar-refractivity contribution in [3.8, 4) is 0 Å². The number of amides is 1. The fourth-order valence-electron chi connectivity index (χ4n) is 4.38. The number of hydrogen-bond acceptors (Lipinski definition) is 6. The van der Waals surface area contributed by atoms with Crippen molar-refractivity contribution in [2.45, 2.75) is 38.8 Å². The van der Waals surface area contributed by atoms with Crippen LogP contribution in [-0.4, -0.2) is 58.2 Å². The summed E-state index contributed by atoms with van der Waals surface area (Å²) in [7, 11) is 0. The van der Waals surface area contributed by atoms with E-state index in [9.17, 15) is 4.79 Å². The Morgan fingerprint density at radius 1 is 1.18 bits per heavy atom. The number of nitrogens with zero attached hydrogens (tertiary/aromatic N) is 4. The van der Waals surface area contributed by atoms with Gasteiger partial charge in [-0.05, 0) is 43.0 Å². The van der Waals surface area contributed by atoms with Crippen LogP contribution in [0.4, 0.5) is 11.6 Å². The van der Waals surface area contributed by atoms with Crippen molar-refractivity contribution < 1.29 is 9.53 Å². The lowest BCUT2D eigenvalue weighted by Crippen LogP contribution is -2.35. The van der Waals surface area contributed by atoms with E-state index >= 15 is 0 Å². The molecule has 1 saturated heterocycles. The summed E-state index contributed by atoms with van der Waals surface area (Å²) in [6.07, 6.45) is 8.03. The van der Waals surface area contributed by atoms with E-state index in [1.54, 1.807) is 0 Å². The van der Waals surface area contributed by atoms with Crippen molar-refractivity contribution in [3.63, 3.8) is 0 Å². The minimum absolute atomic E-state index is 0.211. The molecule has 0 spiro atoms. The van der Waals surface area contributed by atoms with E-state index in [1.807, 2.05) is 24.5 Å². The van der Waals surface area contributed by atoms with Crippen LogP contribution in [0.3, 0.4) is 0 Å². The van der Waals surface area contributed by atoms with Crippen LogP contribution < -0.4 is 10.6 Å². The summed E-state index contributed by atoms with van der Waals surface area (Å²) in [6, 6.07) is 10.5. The maximum Gasteiger partial charge on any atom is 0.229 e. The standard InChI is InChI=1S/C25H32N6O2/c32-24(20-5-2-6-20)26-9-3-10-31-11-8-21-17-27-25(29-23(21)31)28-22-7-1-4-19(16-22)18-30-12-14-33-15-13-30/h1,4,7-8,11,16-17,20H,2-3,5-6,9-10,12-15,18H2,(H,26,32)(H,27,28,29). The van der Waals surface area contributed by atoms with Crippen molar-refractivity contribution in [2.24, 2.45) is 5.92 Å². The zero-order valence-electron chi connectivity index (χ0n) is 19.0. The van der Waals surface area contributed by atoms with E-state index in [0.717, 1.165) is 75.4 Å². The lowest BCUT2D eigenvalue weighted by atomic mass is 9.85. The fraction of sp³-hybridized carbons (Fsp3) is 0.480. The number of ether oxygens (including phenoxy) is 1. The summed E-state index contributed by atoms with van der Waals surface area (Å²) in [5.41, 5.74) is 3.15. The van der Waals surface area contributed by atoms with Gasteiger partial charge < -0.3 is 19.9 Å². The number of rotatable bonds is 9. The third-order valence-electron chi connectivity index (χ3n) is 6.55. The summed E-state index contributed by atoms with van der Waals surface area (Å²) in [5, 5.41) is 7.44. The Bertz CT molecular complexity index is 1090. The largest absolute Gasteiger partial charge is 0.379 e. The van der Waals surface area contributed by atoms with Crippen molar-refractivity contribution in [3.05, 3.63) is 48.3 Å². The Labute approximate surface area is 194 Å². The van der Waals surface area contributed by atoms with Gasteiger partial charge in [-0.25, -0.2) is 4.98 Å². The lowest BCUT2D eigenvalue weighted by Gasteiger charge is -2.26. The molecule has 2 fully saturated rings. The predicted molar refractivity (Wildman–Crippen MR) is 128 cm³/mol. The number of fused-ring (bicyclic) bond motifs is 1. The molecule has 33 heavy (non-hydrogen) atoms. The molecule has 2 N–H and O–H groups in total. The molecule has 1 aromatic carbocycles. The first kappa shape index (κ1) is 21.9. The Morgan fingerprint density at radius 3 is 2.88 bits per heavy atom. The van der Waals surface area contributed by atoms with Gasteiger partial charge in [0.15, 0.2) is 0 Å². The number of anilines is 2. The second kappa shape index (κ2) is 10.3. The molecule has 8 heteroatoms. The molecule has 0 radical (unpaired) electrons. The number of morpholine rings is 1. The number of hydrogen-bond donors (Lipinski definition) is 2. The van der Waals surface area contributed by atoms with E-state index in [4.69, 9.17) is 9.72 Å². The highest BCUT2D eigenvalue weighted by Gasteiger charge is 2.24. The van der Waals surface area contributed by atoms with Crippen LogP contribution in [-0.2, 0) is 22.6 Å². The SMILES string of the molecule is O=C(NCCCn1ccc2cnc(Nc3cccc(CN4CCOCC4)c3)nc21)C1CCC1. The van der Waals surface area contributed by atoms with E-state index in [1.165, 1.54) is 12.0 Å². The molecule has 0 unspecified atom stereocenters. The number of benzene rings is 1. The number of aryl methyl sites for hydroxylation is 1. The van der Waals surface area contributed by atoms with Crippen LogP contribution in [0.25, 0.3) is 11.0 Å². The normalized spacial score (nSPS) is 17.1. The second-order valence-corrected chi connectivity index (χ2v) is 8.97. The van der Waals surface area contributed by atoms with E-state index in [2.05, 4.69) is 43.3 Å². The Morgan fingerprint density at radius 2 is 2.06 bits per heavy atom. The molecule has 1 aliphatic carbocycles. The van der Waals surface area contributed by atoms with Gasteiger partial charge in [0.2, 0.25) is 11.9 Å². The number of carbonyl (C=O) groups is 1. The molecule has 5 rings (SSSR count). The van der Waals surface area contributed by atoms with E-state index in [-0.39, 0.29) is 11.8 Å². The van der Waals surface area contributed by atoms with Gasteiger partial charge in [-0.15, -0.1) is 0 Å². The number of nitrogens with one attached hydrogen (secondary N) is 2. The van der Waals surface area contributed by atoms with Gasteiger partial charge in [0, 0.05) is 62.1 Å². The molecule has 8 nitrogen and oxygen atoms in total. The van der Waals surface area contributed by atoms with Gasteiger partial charge >= 0.3 is 0 Å². The highest BCUT2D eigenvalue weighted by atomic mass is 16.5. The van der Waals surface area contributed by atoms with Crippen LogP contribution in [0.1, 0.15) is 31.2 Å². The number of aromatic nitrogens is 3. The van der Waals surface area contributed by atoms with Crippen molar-refractivity contribution in [1.82, 2.24) is 24.8 Å². The molecule has 1 saturated carbocycles. The molecule has 1 aliphatic heterocycles. The van der Waals surface area contributed by atoms with Crippen LogP contribution in [0.5, 0.6) is 0 Å². The average molecular weight is 449 g/mol. The van der Waals surface area contributed by atoms with Crippen LogP contribution in [0.15, 0.2) is 42.7 Å². The molecule has 0 bridgehead atoms. The molecule has 3 heterocycles. The first-order valence-corrected chi connectivity index (χ1v) is 12.0. The summed E-state index contributed by atoms with van der Waals surface area (Å²) >= 11 is 0. The summed E-state index contributed by atoms with van der Waals surface area (Å²) in [5.74, 6) is 1.04. The highest BCUT2D eigenvalue weighted by molar-refractivity contribution is 5.79. The minimum Gasteiger partial charge on any atom is -0.379 e. The topological polar surface area (TPSA) is 84.3 Å². The molecule has 0 atom stereocenters. The third kappa shape index (κ3) is 5.51. The highest BCUT2D eigenvalue weighted by Crippen LogP contribution is 2.26. The first-order valence-electron chi connectivity index (χ1n) is 12.0. The zero-order chi connectivity index (χ0) is 22.5. The molecule has 3 aromatic rings. The molecule has 2 aromatic heterocycles. The minimum atomic E-state index is 0.211. The number of carbonyl (C=O) groups excluding carboxylic acids is 1. The van der Waals surface area contributed by atoms with Crippen LogP contribution in [0, 0.1) is 5.92 Å².